The van der Waals surface area contributed by atoms with Crippen molar-refractivity contribution in [1.29, 1.82) is 0 Å². The van der Waals surface area contributed by atoms with Crippen molar-refractivity contribution in [3.05, 3.63) is 52.3 Å². The SMILES string of the molecule is CCNC(Cc1cc(OC)ccc1Br)c1ccnnc1. The highest BCUT2D eigenvalue weighted by atomic mass is 79.9. The van der Waals surface area contributed by atoms with Gasteiger partial charge in [0.25, 0.3) is 0 Å². The Kier molecular flexibility index (Phi) is 5.49. The first-order valence-corrected chi connectivity index (χ1v) is 7.36. The summed E-state index contributed by atoms with van der Waals surface area (Å²) in [6.45, 7) is 3.00. The summed E-state index contributed by atoms with van der Waals surface area (Å²) in [4.78, 5) is 0. The minimum atomic E-state index is 0.207. The molecule has 0 fully saturated rings. The van der Waals surface area contributed by atoms with Gasteiger partial charge in [-0.3, -0.25) is 0 Å². The molecule has 0 radical (unpaired) electrons. The van der Waals surface area contributed by atoms with Gasteiger partial charge in [-0.2, -0.15) is 10.2 Å². The van der Waals surface area contributed by atoms with Crippen LogP contribution in [-0.2, 0) is 6.42 Å². The quantitative estimate of drug-likeness (QED) is 0.880. The maximum absolute atomic E-state index is 5.29. The van der Waals surface area contributed by atoms with Crippen LogP contribution in [0.3, 0.4) is 0 Å². The Bertz CT molecular complexity index is 548. The lowest BCUT2D eigenvalue weighted by Gasteiger charge is -2.19. The maximum Gasteiger partial charge on any atom is 0.119 e. The summed E-state index contributed by atoms with van der Waals surface area (Å²) in [6.07, 6.45) is 4.39. The molecule has 1 atom stereocenters. The van der Waals surface area contributed by atoms with Crippen LogP contribution < -0.4 is 10.1 Å². The van der Waals surface area contributed by atoms with E-state index in [1.807, 2.05) is 18.2 Å². The Labute approximate surface area is 127 Å². The van der Waals surface area contributed by atoms with Crippen LogP contribution in [0.2, 0.25) is 0 Å². The van der Waals surface area contributed by atoms with Gasteiger partial charge in [-0.05, 0) is 48.4 Å². The molecule has 2 rings (SSSR count). The lowest BCUT2D eigenvalue weighted by atomic mass is 10.0. The zero-order valence-electron chi connectivity index (χ0n) is 11.6. The molecule has 20 heavy (non-hydrogen) atoms. The number of benzene rings is 1. The van der Waals surface area contributed by atoms with E-state index in [2.05, 4.69) is 44.4 Å². The molecule has 1 aromatic carbocycles. The molecular formula is C15H18BrN3O. The minimum absolute atomic E-state index is 0.207. The van der Waals surface area contributed by atoms with E-state index in [-0.39, 0.29) is 6.04 Å². The number of hydrogen-bond acceptors (Lipinski definition) is 4. The van der Waals surface area contributed by atoms with E-state index >= 15 is 0 Å². The molecule has 1 N–H and O–H groups in total. The first-order valence-electron chi connectivity index (χ1n) is 6.57. The molecule has 0 aliphatic rings. The highest BCUT2D eigenvalue weighted by Gasteiger charge is 2.14. The van der Waals surface area contributed by atoms with Crippen molar-refractivity contribution >= 4 is 15.9 Å². The van der Waals surface area contributed by atoms with Crippen molar-refractivity contribution in [3.63, 3.8) is 0 Å². The van der Waals surface area contributed by atoms with Crippen molar-refractivity contribution in [3.8, 4) is 5.75 Å². The summed E-state index contributed by atoms with van der Waals surface area (Å²) < 4.78 is 6.38. The molecule has 1 unspecified atom stereocenters. The number of nitrogens with zero attached hydrogens (tertiary/aromatic N) is 2. The van der Waals surface area contributed by atoms with E-state index in [1.54, 1.807) is 19.5 Å². The summed E-state index contributed by atoms with van der Waals surface area (Å²) in [6, 6.07) is 8.22. The second-order valence-electron chi connectivity index (χ2n) is 4.45. The molecule has 106 valence electrons. The van der Waals surface area contributed by atoms with Crippen molar-refractivity contribution in [2.24, 2.45) is 0 Å². The zero-order valence-corrected chi connectivity index (χ0v) is 13.2. The van der Waals surface area contributed by atoms with E-state index < -0.39 is 0 Å². The third kappa shape index (κ3) is 3.77. The van der Waals surface area contributed by atoms with Crippen molar-refractivity contribution in [2.75, 3.05) is 13.7 Å². The molecule has 0 aliphatic heterocycles. The fourth-order valence-corrected chi connectivity index (χ4v) is 2.52. The molecule has 0 spiro atoms. The van der Waals surface area contributed by atoms with Gasteiger partial charge in [-0.25, -0.2) is 0 Å². The fourth-order valence-electron chi connectivity index (χ4n) is 2.12. The predicted molar refractivity (Wildman–Crippen MR) is 82.8 cm³/mol. The predicted octanol–water partition coefficient (Wildman–Crippen LogP) is 3.14. The van der Waals surface area contributed by atoms with E-state index in [9.17, 15) is 0 Å². The van der Waals surface area contributed by atoms with Crippen molar-refractivity contribution in [2.45, 2.75) is 19.4 Å². The Morgan fingerprint density at radius 2 is 2.15 bits per heavy atom. The van der Waals surface area contributed by atoms with E-state index in [0.717, 1.165) is 28.8 Å². The highest BCUT2D eigenvalue weighted by molar-refractivity contribution is 9.10. The normalized spacial score (nSPS) is 12.2. The third-order valence-electron chi connectivity index (χ3n) is 3.14. The molecule has 2 aromatic rings. The largest absolute Gasteiger partial charge is 0.497 e. The van der Waals surface area contributed by atoms with Gasteiger partial charge < -0.3 is 10.1 Å². The van der Waals surface area contributed by atoms with Crippen LogP contribution in [0.15, 0.2) is 41.1 Å². The fraction of sp³-hybridized carbons (Fsp3) is 0.333. The smallest absolute Gasteiger partial charge is 0.119 e. The average Bonchev–Trinajstić information content (AvgIpc) is 2.49. The third-order valence-corrected chi connectivity index (χ3v) is 3.91. The molecule has 0 amide bonds. The van der Waals surface area contributed by atoms with Gasteiger partial charge in [-0.1, -0.05) is 22.9 Å². The first kappa shape index (κ1) is 14.9. The maximum atomic E-state index is 5.29. The van der Waals surface area contributed by atoms with Crippen molar-refractivity contribution in [1.82, 2.24) is 15.5 Å². The van der Waals surface area contributed by atoms with Gasteiger partial charge in [0, 0.05) is 16.7 Å². The van der Waals surface area contributed by atoms with Gasteiger partial charge in [0.15, 0.2) is 0 Å². The number of ether oxygens (including phenoxy) is 1. The Balaban J connectivity index is 2.24. The first-order chi connectivity index (χ1) is 9.74. The van der Waals surface area contributed by atoms with E-state index in [1.165, 1.54) is 5.56 Å². The van der Waals surface area contributed by atoms with E-state index in [4.69, 9.17) is 4.74 Å². The number of nitrogens with one attached hydrogen (secondary N) is 1. The molecule has 0 saturated heterocycles. The summed E-state index contributed by atoms with van der Waals surface area (Å²) >= 11 is 3.60. The van der Waals surface area contributed by atoms with Gasteiger partial charge in [0.05, 0.1) is 13.3 Å². The lowest BCUT2D eigenvalue weighted by molar-refractivity contribution is 0.413. The molecule has 0 bridgehead atoms. The van der Waals surface area contributed by atoms with Crippen LogP contribution in [-0.4, -0.2) is 23.9 Å². The summed E-state index contributed by atoms with van der Waals surface area (Å²) in [5.74, 6) is 0.867. The minimum Gasteiger partial charge on any atom is -0.497 e. The van der Waals surface area contributed by atoms with Gasteiger partial charge in [0.1, 0.15) is 5.75 Å². The molecular weight excluding hydrogens is 318 g/mol. The zero-order chi connectivity index (χ0) is 14.4. The number of methoxy groups -OCH3 is 1. The average molecular weight is 336 g/mol. The van der Waals surface area contributed by atoms with Crippen LogP contribution in [0.5, 0.6) is 5.75 Å². The number of halogens is 1. The molecule has 1 aromatic heterocycles. The van der Waals surface area contributed by atoms with Gasteiger partial charge in [0.2, 0.25) is 0 Å². The number of hydrogen-bond donors (Lipinski definition) is 1. The Hall–Kier alpha value is -1.46. The second kappa shape index (κ2) is 7.36. The Morgan fingerprint density at radius 3 is 2.80 bits per heavy atom. The summed E-state index contributed by atoms with van der Waals surface area (Å²) in [5.41, 5.74) is 2.34. The van der Waals surface area contributed by atoms with Crippen LogP contribution in [0.1, 0.15) is 24.1 Å². The lowest BCUT2D eigenvalue weighted by Crippen LogP contribution is -2.23. The Morgan fingerprint density at radius 1 is 1.30 bits per heavy atom. The monoisotopic (exact) mass is 335 g/mol. The molecule has 4 nitrogen and oxygen atoms in total. The number of rotatable bonds is 6. The van der Waals surface area contributed by atoms with Crippen LogP contribution in [0.4, 0.5) is 0 Å². The van der Waals surface area contributed by atoms with Gasteiger partial charge >= 0.3 is 0 Å². The standard InChI is InChI=1S/C15H18BrN3O/c1-3-17-15(11-6-7-18-19-10-11)9-12-8-13(20-2)4-5-14(12)16/h4-8,10,15,17H,3,9H2,1-2H3. The van der Waals surface area contributed by atoms with Crippen molar-refractivity contribution < 1.29 is 4.74 Å². The molecule has 5 heteroatoms. The molecule has 1 heterocycles. The second-order valence-corrected chi connectivity index (χ2v) is 5.30. The summed E-state index contributed by atoms with van der Waals surface area (Å²) in [5, 5.41) is 11.3. The highest BCUT2D eigenvalue weighted by Crippen LogP contribution is 2.27. The van der Waals surface area contributed by atoms with Crippen LogP contribution >= 0.6 is 15.9 Å². The van der Waals surface area contributed by atoms with E-state index in [0.29, 0.717) is 0 Å². The molecule has 0 saturated carbocycles. The number of aromatic nitrogens is 2. The van der Waals surface area contributed by atoms with Crippen LogP contribution in [0, 0.1) is 0 Å². The van der Waals surface area contributed by atoms with Crippen LogP contribution in [0.25, 0.3) is 0 Å². The molecule has 0 aliphatic carbocycles. The van der Waals surface area contributed by atoms with Gasteiger partial charge in [-0.15, -0.1) is 0 Å². The topological polar surface area (TPSA) is 47.0 Å². The summed E-state index contributed by atoms with van der Waals surface area (Å²) in [7, 11) is 1.68. The number of likely N-dealkylation sites (N-methyl/N-ethyl adjacent to an activating group) is 1.